The Bertz CT molecular complexity index is 513. The summed E-state index contributed by atoms with van der Waals surface area (Å²) in [6.07, 6.45) is 4.35. The number of benzene rings is 1. The molecule has 1 aliphatic rings. The molecule has 0 bridgehead atoms. The van der Waals surface area contributed by atoms with Crippen molar-refractivity contribution in [2.75, 3.05) is 18.1 Å². The first kappa shape index (κ1) is 14.3. The van der Waals surface area contributed by atoms with E-state index in [2.05, 4.69) is 4.90 Å². The molecule has 19 heavy (non-hydrogen) atoms. The van der Waals surface area contributed by atoms with E-state index in [1.165, 1.54) is 18.6 Å². The largest absolute Gasteiger partial charge is 0.394 e. The fourth-order valence-electron chi connectivity index (χ4n) is 2.53. The Balaban J connectivity index is 2.24. The maximum absolute atomic E-state index is 11.2. The average molecular weight is 284 g/mol. The van der Waals surface area contributed by atoms with Crippen molar-refractivity contribution in [1.82, 2.24) is 0 Å². The van der Waals surface area contributed by atoms with Gasteiger partial charge in [0.25, 0.3) is 0 Å². The van der Waals surface area contributed by atoms with Gasteiger partial charge in [0.1, 0.15) is 0 Å². The van der Waals surface area contributed by atoms with Crippen LogP contribution in [0.2, 0.25) is 0 Å². The van der Waals surface area contributed by atoms with Gasteiger partial charge < -0.3 is 10.0 Å². The molecule has 0 spiro atoms. The molecule has 0 aliphatic carbocycles. The molecule has 1 heterocycles. The minimum absolute atomic E-state index is 0.114. The van der Waals surface area contributed by atoms with E-state index >= 15 is 0 Å². The van der Waals surface area contributed by atoms with E-state index in [1.807, 2.05) is 0 Å². The molecule has 0 aromatic heterocycles. The summed E-state index contributed by atoms with van der Waals surface area (Å²) in [6, 6.07) is 6.66. The summed E-state index contributed by atoms with van der Waals surface area (Å²) in [5, 5.41) is 14.6. The maximum Gasteiger partial charge on any atom is 0.238 e. The number of aliphatic hydroxyl groups is 1. The quantitative estimate of drug-likeness (QED) is 0.870. The van der Waals surface area contributed by atoms with E-state index in [1.54, 1.807) is 12.1 Å². The van der Waals surface area contributed by atoms with E-state index in [4.69, 9.17) is 5.14 Å². The zero-order chi connectivity index (χ0) is 13.9. The second kappa shape index (κ2) is 5.90. The topological polar surface area (TPSA) is 83.6 Å². The van der Waals surface area contributed by atoms with E-state index in [0.717, 1.165) is 31.5 Å². The third-order valence-corrected chi connectivity index (χ3v) is 4.51. The fourth-order valence-corrected chi connectivity index (χ4v) is 3.05. The van der Waals surface area contributed by atoms with E-state index in [0.29, 0.717) is 0 Å². The van der Waals surface area contributed by atoms with Crippen LogP contribution >= 0.6 is 0 Å². The highest BCUT2D eigenvalue weighted by molar-refractivity contribution is 7.89. The number of anilines is 1. The number of aliphatic hydroxyl groups excluding tert-OH is 1. The molecule has 0 amide bonds. The molecule has 1 unspecified atom stereocenters. The molecule has 1 atom stereocenters. The SMILES string of the molecule is NS(=O)(=O)c1ccc(N2CCCCCC2CO)cc1. The second-order valence-corrected chi connectivity index (χ2v) is 6.48. The number of sulfonamides is 1. The zero-order valence-electron chi connectivity index (χ0n) is 10.8. The van der Waals surface area contributed by atoms with E-state index in [9.17, 15) is 13.5 Å². The molecule has 0 radical (unpaired) electrons. The second-order valence-electron chi connectivity index (χ2n) is 4.92. The molecule has 2 rings (SSSR count). The molecule has 1 fully saturated rings. The summed E-state index contributed by atoms with van der Waals surface area (Å²) in [6.45, 7) is 1.01. The van der Waals surface area contributed by atoms with Crippen molar-refractivity contribution in [2.24, 2.45) is 5.14 Å². The van der Waals surface area contributed by atoms with Crippen LogP contribution in [0.3, 0.4) is 0 Å². The molecular weight excluding hydrogens is 264 g/mol. The highest BCUT2D eigenvalue weighted by Crippen LogP contribution is 2.25. The van der Waals surface area contributed by atoms with Gasteiger partial charge in [0.2, 0.25) is 10.0 Å². The zero-order valence-corrected chi connectivity index (χ0v) is 11.6. The summed E-state index contributed by atoms with van der Waals surface area (Å²) < 4.78 is 22.4. The molecule has 3 N–H and O–H groups in total. The van der Waals surface area contributed by atoms with Crippen molar-refractivity contribution in [3.63, 3.8) is 0 Å². The Morgan fingerprint density at radius 2 is 1.89 bits per heavy atom. The molecule has 1 aromatic rings. The van der Waals surface area contributed by atoms with Crippen molar-refractivity contribution in [2.45, 2.75) is 36.6 Å². The highest BCUT2D eigenvalue weighted by atomic mass is 32.2. The number of nitrogens with zero attached hydrogens (tertiary/aromatic N) is 1. The van der Waals surface area contributed by atoms with Gasteiger partial charge in [-0.25, -0.2) is 13.6 Å². The molecule has 1 saturated heterocycles. The van der Waals surface area contributed by atoms with Crippen LogP contribution in [0.5, 0.6) is 0 Å². The van der Waals surface area contributed by atoms with Crippen LogP contribution in [0.1, 0.15) is 25.7 Å². The van der Waals surface area contributed by atoms with Crippen LogP contribution in [0.15, 0.2) is 29.2 Å². The van der Waals surface area contributed by atoms with Crippen molar-refractivity contribution in [3.8, 4) is 0 Å². The first-order valence-electron chi connectivity index (χ1n) is 6.53. The third kappa shape index (κ3) is 3.46. The normalized spacial score (nSPS) is 21.2. The molecule has 106 valence electrons. The highest BCUT2D eigenvalue weighted by Gasteiger charge is 2.20. The van der Waals surface area contributed by atoms with Gasteiger partial charge in [0, 0.05) is 12.2 Å². The summed E-state index contributed by atoms with van der Waals surface area (Å²) >= 11 is 0. The maximum atomic E-state index is 11.2. The van der Waals surface area contributed by atoms with Gasteiger partial charge in [0.05, 0.1) is 17.5 Å². The molecular formula is C13H20N2O3S. The Labute approximate surface area is 114 Å². The van der Waals surface area contributed by atoms with Gasteiger partial charge in [-0.15, -0.1) is 0 Å². The Morgan fingerprint density at radius 3 is 2.47 bits per heavy atom. The number of hydrogen-bond donors (Lipinski definition) is 2. The van der Waals surface area contributed by atoms with Crippen LogP contribution in [-0.2, 0) is 10.0 Å². The first-order chi connectivity index (χ1) is 9.02. The molecule has 6 heteroatoms. The lowest BCUT2D eigenvalue weighted by Crippen LogP contribution is -2.37. The predicted molar refractivity (Wildman–Crippen MR) is 74.5 cm³/mol. The predicted octanol–water partition coefficient (Wildman–Crippen LogP) is 1.08. The third-order valence-electron chi connectivity index (χ3n) is 3.58. The van der Waals surface area contributed by atoms with Gasteiger partial charge in [-0.2, -0.15) is 0 Å². The van der Waals surface area contributed by atoms with Crippen LogP contribution in [0, 0.1) is 0 Å². The van der Waals surface area contributed by atoms with Crippen molar-refractivity contribution >= 4 is 15.7 Å². The lowest BCUT2D eigenvalue weighted by Gasteiger charge is -2.30. The van der Waals surface area contributed by atoms with Crippen LogP contribution in [0.25, 0.3) is 0 Å². The number of nitrogens with two attached hydrogens (primary N) is 1. The standard InChI is InChI=1S/C13H20N2O3S/c14-19(17,18)13-7-5-11(6-8-13)15-9-3-1-2-4-12(15)10-16/h5-8,12,16H,1-4,9-10H2,(H2,14,17,18). The van der Waals surface area contributed by atoms with Gasteiger partial charge >= 0.3 is 0 Å². The van der Waals surface area contributed by atoms with Gasteiger partial charge in [-0.3, -0.25) is 0 Å². The molecule has 5 nitrogen and oxygen atoms in total. The fraction of sp³-hybridized carbons (Fsp3) is 0.538. The van der Waals surface area contributed by atoms with E-state index in [-0.39, 0.29) is 17.5 Å². The van der Waals surface area contributed by atoms with Crippen LogP contribution < -0.4 is 10.0 Å². The summed E-state index contributed by atoms with van der Waals surface area (Å²) in [5.74, 6) is 0. The smallest absolute Gasteiger partial charge is 0.238 e. The number of rotatable bonds is 3. The summed E-state index contributed by atoms with van der Waals surface area (Å²) in [5.41, 5.74) is 0.938. The minimum atomic E-state index is -3.64. The first-order valence-corrected chi connectivity index (χ1v) is 8.07. The van der Waals surface area contributed by atoms with Crippen molar-refractivity contribution < 1.29 is 13.5 Å². The average Bonchev–Trinajstić information content (AvgIpc) is 2.62. The lowest BCUT2D eigenvalue weighted by atomic mass is 10.1. The van der Waals surface area contributed by atoms with Crippen LogP contribution in [-0.4, -0.2) is 32.7 Å². The number of primary sulfonamides is 1. The number of hydrogen-bond acceptors (Lipinski definition) is 4. The van der Waals surface area contributed by atoms with Crippen molar-refractivity contribution in [1.29, 1.82) is 0 Å². The molecule has 1 aliphatic heterocycles. The van der Waals surface area contributed by atoms with E-state index < -0.39 is 10.0 Å². The van der Waals surface area contributed by atoms with Gasteiger partial charge in [-0.1, -0.05) is 12.8 Å². The summed E-state index contributed by atoms with van der Waals surface area (Å²) in [4.78, 5) is 2.27. The van der Waals surface area contributed by atoms with Crippen LogP contribution in [0.4, 0.5) is 5.69 Å². The van der Waals surface area contributed by atoms with Gasteiger partial charge in [0.15, 0.2) is 0 Å². The molecule has 1 aromatic carbocycles. The van der Waals surface area contributed by atoms with Gasteiger partial charge in [-0.05, 0) is 37.1 Å². The van der Waals surface area contributed by atoms with Crippen molar-refractivity contribution in [3.05, 3.63) is 24.3 Å². The minimum Gasteiger partial charge on any atom is -0.394 e. The Morgan fingerprint density at radius 1 is 1.21 bits per heavy atom. The monoisotopic (exact) mass is 284 g/mol. The lowest BCUT2D eigenvalue weighted by molar-refractivity contribution is 0.255. The Hall–Kier alpha value is -1.11. The summed E-state index contributed by atoms with van der Waals surface area (Å²) in [7, 11) is -3.64. The molecule has 0 saturated carbocycles. The Kier molecular flexibility index (Phi) is 4.44.